The first-order chi connectivity index (χ1) is 5.70. The first-order valence-electron chi connectivity index (χ1n) is 3.40. The molecule has 1 aromatic carbocycles. The van der Waals surface area contributed by atoms with Crippen LogP contribution in [0.3, 0.4) is 0 Å². The molecule has 0 aliphatic rings. The smallest absolute Gasteiger partial charge is 1.00 e. The van der Waals surface area contributed by atoms with E-state index in [1.807, 2.05) is 0 Å². The van der Waals surface area contributed by atoms with Crippen LogP contribution in [0, 0.1) is 5.82 Å². The van der Waals surface area contributed by atoms with Crippen molar-refractivity contribution in [3.63, 3.8) is 0 Å². The number of halogens is 1. The van der Waals surface area contributed by atoms with Crippen LogP contribution >= 0.6 is 0 Å². The van der Waals surface area contributed by atoms with Crippen molar-refractivity contribution in [3.05, 3.63) is 30.1 Å². The van der Waals surface area contributed by atoms with Gasteiger partial charge < -0.3 is 11.8 Å². The van der Waals surface area contributed by atoms with Crippen LogP contribution < -0.4 is 34.9 Å². The van der Waals surface area contributed by atoms with Crippen molar-refractivity contribution in [3.8, 4) is 0 Å². The Kier molecular flexibility index (Phi) is 5.70. The second-order valence-corrected chi connectivity index (χ2v) is 2.23. The van der Waals surface area contributed by atoms with Crippen LogP contribution in [0.2, 0.25) is 0 Å². The molecule has 0 radical (unpaired) electrons. The first-order valence-corrected chi connectivity index (χ1v) is 3.40. The summed E-state index contributed by atoms with van der Waals surface area (Å²) in [5.74, 6) is -1.46. The summed E-state index contributed by atoms with van der Waals surface area (Å²) in [7, 11) is 0. The van der Waals surface area contributed by atoms with E-state index in [2.05, 4.69) is 5.32 Å². The van der Waals surface area contributed by atoms with Gasteiger partial charge in [-0.3, -0.25) is 4.79 Å². The zero-order chi connectivity index (χ0) is 8.97. The number of hydrogen-bond acceptors (Lipinski definition) is 2. The molecule has 5 heteroatoms. The number of carbonyl (C=O) groups is 1. The van der Waals surface area contributed by atoms with Gasteiger partial charge in [0, 0.05) is 0 Å². The van der Waals surface area contributed by atoms with E-state index in [0.717, 1.165) is 0 Å². The molecule has 0 bridgehead atoms. The summed E-state index contributed by atoms with van der Waals surface area (Å²) in [6.07, 6.45) is 0. The Morgan fingerprint density at radius 2 is 2.15 bits per heavy atom. The Bertz CT molecular complexity index is 298. The van der Waals surface area contributed by atoms with Crippen LogP contribution in [0.1, 0.15) is 1.43 Å². The number of nitrogens with one attached hydrogen (secondary N) is 1. The minimum atomic E-state index is -1.02. The number of carboxylic acid groups (broad SMARTS) is 1. The minimum Gasteiger partial charge on any atom is -1.00 e. The van der Waals surface area contributed by atoms with Gasteiger partial charge in [0.25, 0.3) is 0 Å². The third kappa shape index (κ3) is 4.26. The molecule has 0 fully saturated rings. The topological polar surface area (TPSA) is 49.3 Å². The van der Waals surface area contributed by atoms with E-state index >= 15 is 0 Å². The number of aliphatic carboxylic acids is 1. The fraction of sp³-hybridized carbons (Fsp3) is 0.125. The molecule has 0 saturated carbocycles. The largest absolute Gasteiger partial charge is 1.00 e. The van der Waals surface area contributed by atoms with Gasteiger partial charge in [0.2, 0.25) is 0 Å². The molecule has 0 amide bonds. The number of para-hydroxylation sites is 1. The van der Waals surface area contributed by atoms with Crippen molar-refractivity contribution >= 4 is 11.7 Å². The quantitative estimate of drug-likeness (QED) is 0.571. The summed E-state index contributed by atoms with van der Waals surface area (Å²) in [5, 5.41) is 10.7. The maximum atomic E-state index is 12.8. The molecule has 1 rings (SSSR count). The third-order valence-electron chi connectivity index (χ3n) is 1.30. The van der Waals surface area contributed by atoms with Gasteiger partial charge in [0.15, 0.2) is 0 Å². The van der Waals surface area contributed by atoms with Gasteiger partial charge in [0.1, 0.15) is 12.4 Å². The van der Waals surface area contributed by atoms with Crippen molar-refractivity contribution in [2.24, 2.45) is 0 Å². The fourth-order valence-electron chi connectivity index (χ4n) is 0.775. The number of anilines is 1. The zero-order valence-electron chi connectivity index (χ0n) is 8.25. The van der Waals surface area contributed by atoms with Gasteiger partial charge in [-0.25, -0.2) is 4.39 Å². The Morgan fingerprint density at radius 3 is 2.69 bits per heavy atom. The summed E-state index contributed by atoms with van der Waals surface area (Å²) in [5.41, 5.74) is 0.208. The van der Waals surface area contributed by atoms with Crippen molar-refractivity contribution in [1.29, 1.82) is 0 Å². The van der Waals surface area contributed by atoms with Gasteiger partial charge in [-0.2, -0.15) is 0 Å². The molecule has 0 heterocycles. The number of rotatable bonds is 3. The zero-order valence-corrected chi connectivity index (χ0v) is 9.25. The van der Waals surface area contributed by atoms with Crippen LogP contribution in [0.4, 0.5) is 10.1 Å². The first kappa shape index (κ1) is 12.4. The third-order valence-corrected chi connectivity index (χ3v) is 1.30. The van der Waals surface area contributed by atoms with Gasteiger partial charge in [-0.1, -0.05) is 12.1 Å². The number of hydrogen-bond donors (Lipinski definition) is 2. The van der Waals surface area contributed by atoms with Gasteiger partial charge >= 0.3 is 35.5 Å². The summed E-state index contributed by atoms with van der Waals surface area (Å²) in [4.78, 5) is 10.1. The van der Waals surface area contributed by atoms with E-state index in [1.54, 1.807) is 12.1 Å². The van der Waals surface area contributed by atoms with E-state index in [1.165, 1.54) is 12.1 Å². The predicted octanol–water partition coefficient (Wildman–Crippen LogP) is -1.56. The van der Waals surface area contributed by atoms with E-state index in [4.69, 9.17) is 5.11 Å². The van der Waals surface area contributed by atoms with Crippen LogP contribution in [0.25, 0.3) is 0 Å². The van der Waals surface area contributed by atoms with Crippen molar-refractivity contribution < 1.29 is 45.3 Å². The van der Waals surface area contributed by atoms with Crippen molar-refractivity contribution in [2.75, 3.05) is 11.9 Å². The van der Waals surface area contributed by atoms with Crippen LogP contribution in [-0.4, -0.2) is 17.6 Å². The predicted molar refractivity (Wildman–Crippen MR) is 43.6 cm³/mol. The second kappa shape index (κ2) is 5.96. The maximum Gasteiger partial charge on any atom is 1.00 e. The molecule has 2 N–H and O–H groups in total. The minimum absolute atomic E-state index is 0. The fourth-order valence-corrected chi connectivity index (χ4v) is 0.775. The normalized spacial score (nSPS) is 8.69. The van der Waals surface area contributed by atoms with Gasteiger partial charge in [-0.15, -0.1) is 0 Å². The molecule has 0 aromatic heterocycles. The van der Waals surface area contributed by atoms with Crippen LogP contribution in [0.5, 0.6) is 0 Å². The molecule has 0 aliphatic heterocycles. The Balaban J connectivity index is 0. The summed E-state index contributed by atoms with van der Waals surface area (Å²) < 4.78 is 12.8. The average Bonchev–Trinajstić information content (AvgIpc) is 2.03. The van der Waals surface area contributed by atoms with E-state index in [-0.39, 0.29) is 43.2 Å². The number of benzene rings is 1. The van der Waals surface area contributed by atoms with Crippen molar-refractivity contribution in [2.45, 2.75) is 0 Å². The molecule has 66 valence electrons. The maximum absolute atomic E-state index is 12.8. The molecule has 0 aliphatic carbocycles. The monoisotopic (exact) mass is 193 g/mol. The molecular weight excluding hydrogens is 184 g/mol. The Morgan fingerprint density at radius 1 is 1.54 bits per heavy atom. The van der Waals surface area contributed by atoms with Gasteiger partial charge in [-0.05, 0) is 12.1 Å². The van der Waals surface area contributed by atoms with Crippen molar-refractivity contribution in [1.82, 2.24) is 0 Å². The average molecular weight is 193 g/mol. The van der Waals surface area contributed by atoms with Gasteiger partial charge in [0.05, 0.1) is 5.69 Å². The van der Waals surface area contributed by atoms with Crippen LogP contribution in [-0.2, 0) is 4.79 Å². The standard InChI is InChI=1S/C8H8FNO2.Na.H/c9-6-3-1-2-4-7(6)10-5-8(11)12;;/h1-4,10H,5H2,(H,11,12);;/q;+1;-1. The Labute approximate surface area is 98.7 Å². The molecule has 0 saturated heterocycles. The summed E-state index contributed by atoms with van der Waals surface area (Å²) >= 11 is 0. The van der Waals surface area contributed by atoms with E-state index in [9.17, 15) is 9.18 Å². The molecule has 0 atom stereocenters. The number of carboxylic acids is 1. The summed E-state index contributed by atoms with van der Waals surface area (Å²) in [6.45, 7) is -0.277. The second-order valence-electron chi connectivity index (χ2n) is 2.23. The van der Waals surface area contributed by atoms with Crippen LogP contribution in [0.15, 0.2) is 24.3 Å². The Hall–Kier alpha value is -0.580. The molecule has 1 aromatic rings. The SMILES string of the molecule is O=C(O)CNc1ccccc1F.[H-].[Na+]. The summed E-state index contributed by atoms with van der Waals surface area (Å²) in [6, 6.07) is 5.93. The molecule has 3 nitrogen and oxygen atoms in total. The molecular formula is C8H9FNNaO2. The molecule has 0 spiro atoms. The van der Waals surface area contributed by atoms with E-state index < -0.39 is 11.8 Å². The molecule has 0 unspecified atom stereocenters. The van der Waals surface area contributed by atoms with E-state index in [0.29, 0.717) is 0 Å². The molecule has 13 heavy (non-hydrogen) atoms.